The number of nitrogens with one attached hydrogen (secondary N) is 2. The van der Waals surface area contributed by atoms with E-state index in [-0.39, 0.29) is 0 Å². The number of anilines is 1. The second-order valence-electron chi connectivity index (χ2n) is 2.88. The van der Waals surface area contributed by atoms with Crippen LogP contribution in [0.15, 0.2) is 29.3 Å². The molecule has 13 heavy (non-hydrogen) atoms. The third kappa shape index (κ3) is 2.21. The molecule has 3 heteroatoms. The molecule has 0 amide bonds. The average Bonchev–Trinajstić information content (AvgIpc) is 2.69. The zero-order valence-electron chi connectivity index (χ0n) is 7.38. The minimum Gasteiger partial charge on any atom is -0.377 e. The molecule has 0 fully saturated rings. The van der Waals surface area contributed by atoms with Gasteiger partial charge in [-0.3, -0.25) is 4.99 Å². The molecule has 1 heterocycles. The summed E-state index contributed by atoms with van der Waals surface area (Å²) in [7, 11) is 0. The van der Waals surface area contributed by atoms with Gasteiger partial charge in [0.15, 0.2) is 0 Å². The van der Waals surface area contributed by atoms with Crippen LogP contribution in [-0.2, 0) is 0 Å². The van der Waals surface area contributed by atoms with E-state index in [1.54, 1.807) is 0 Å². The minimum atomic E-state index is 0.764. The van der Waals surface area contributed by atoms with Crippen molar-refractivity contribution in [2.75, 3.05) is 25.0 Å². The van der Waals surface area contributed by atoms with E-state index in [1.807, 2.05) is 24.3 Å². The molecule has 2 N–H and O–H groups in total. The van der Waals surface area contributed by atoms with Crippen molar-refractivity contribution in [1.29, 1.82) is 0 Å². The Labute approximate surface area is 77.9 Å². The standard InChI is InChI=1S/C10H12N3/c1-2-4-9(5-3-1)13-8-10-11-6-7-12-10/h1-4,13H,6-8H2,(H,11,12). The monoisotopic (exact) mass is 174 g/mol. The van der Waals surface area contributed by atoms with Crippen molar-refractivity contribution in [2.45, 2.75) is 0 Å². The highest BCUT2D eigenvalue weighted by molar-refractivity contribution is 5.87. The second kappa shape index (κ2) is 3.94. The smallest absolute Gasteiger partial charge is 0.116 e. The van der Waals surface area contributed by atoms with Crippen molar-refractivity contribution < 1.29 is 0 Å². The van der Waals surface area contributed by atoms with Gasteiger partial charge >= 0.3 is 0 Å². The Balaban J connectivity index is 1.86. The molecule has 2 rings (SSSR count). The molecule has 1 aromatic carbocycles. The van der Waals surface area contributed by atoms with E-state index in [2.05, 4.69) is 21.7 Å². The Hall–Kier alpha value is -1.51. The van der Waals surface area contributed by atoms with Crippen LogP contribution in [0, 0.1) is 6.07 Å². The minimum absolute atomic E-state index is 0.764. The number of hydrogen-bond acceptors (Lipinski definition) is 3. The SMILES string of the molecule is [c]1ccccc1NCC1=NCCN1. The number of aliphatic imine (C=N–C) groups is 1. The van der Waals surface area contributed by atoms with Gasteiger partial charge in [-0.05, 0) is 6.07 Å². The largest absolute Gasteiger partial charge is 0.377 e. The van der Waals surface area contributed by atoms with Crippen molar-refractivity contribution in [3.05, 3.63) is 30.3 Å². The van der Waals surface area contributed by atoms with Gasteiger partial charge in [0, 0.05) is 18.3 Å². The zero-order valence-corrected chi connectivity index (χ0v) is 7.38. The fraction of sp³-hybridized carbons (Fsp3) is 0.300. The molecule has 0 unspecified atom stereocenters. The van der Waals surface area contributed by atoms with Crippen LogP contribution >= 0.6 is 0 Å². The summed E-state index contributed by atoms with van der Waals surface area (Å²) >= 11 is 0. The molecular weight excluding hydrogens is 162 g/mol. The van der Waals surface area contributed by atoms with E-state index in [1.165, 1.54) is 0 Å². The molecule has 0 bridgehead atoms. The maximum atomic E-state index is 4.28. The Morgan fingerprint density at radius 2 is 2.54 bits per heavy atom. The number of amidine groups is 1. The molecule has 0 aliphatic carbocycles. The van der Waals surface area contributed by atoms with Crippen LogP contribution < -0.4 is 10.6 Å². The molecule has 0 saturated carbocycles. The van der Waals surface area contributed by atoms with Crippen molar-refractivity contribution in [1.82, 2.24) is 5.32 Å². The number of nitrogens with zero attached hydrogens (tertiary/aromatic N) is 1. The fourth-order valence-corrected chi connectivity index (χ4v) is 1.25. The highest BCUT2D eigenvalue weighted by Crippen LogP contribution is 2.03. The van der Waals surface area contributed by atoms with Crippen LogP contribution in [0.1, 0.15) is 0 Å². The molecule has 1 aromatic rings. The topological polar surface area (TPSA) is 36.4 Å². The van der Waals surface area contributed by atoms with Crippen LogP contribution in [0.5, 0.6) is 0 Å². The van der Waals surface area contributed by atoms with Crippen LogP contribution in [0.4, 0.5) is 5.69 Å². The fourth-order valence-electron chi connectivity index (χ4n) is 1.25. The predicted molar refractivity (Wildman–Crippen MR) is 54.1 cm³/mol. The van der Waals surface area contributed by atoms with Gasteiger partial charge in [-0.15, -0.1) is 0 Å². The summed E-state index contributed by atoms with van der Waals surface area (Å²) in [5, 5.41) is 6.44. The van der Waals surface area contributed by atoms with Crippen LogP contribution in [0.2, 0.25) is 0 Å². The van der Waals surface area contributed by atoms with Gasteiger partial charge in [0.2, 0.25) is 0 Å². The van der Waals surface area contributed by atoms with Crippen molar-refractivity contribution in [2.24, 2.45) is 4.99 Å². The zero-order chi connectivity index (χ0) is 8.93. The van der Waals surface area contributed by atoms with Gasteiger partial charge in [-0.1, -0.05) is 18.2 Å². The van der Waals surface area contributed by atoms with Gasteiger partial charge in [0.05, 0.1) is 13.1 Å². The summed E-state index contributed by atoms with van der Waals surface area (Å²) in [6.45, 7) is 2.63. The number of benzene rings is 1. The average molecular weight is 174 g/mol. The molecule has 0 aromatic heterocycles. The number of rotatable bonds is 3. The summed E-state index contributed by atoms with van der Waals surface area (Å²) in [6, 6.07) is 10.9. The highest BCUT2D eigenvalue weighted by Gasteiger charge is 2.03. The normalized spacial score (nSPS) is 14.9. The molecule has 67 valence electrons. The van der Waals surface area contributed by atoms with E-state index in [0.29, 0.717) is 0 Å². The summed E-state index contributed by atoms with van der Waals surface area (Å²) < 4.78 is 0. The highest BCUT2D eigenvalue weighted by atomic mass is 15.1. The first kappa shape index (κ1) is 8.10. The Kier molecular flexibility index (Phi) is 2.45. The lowest BCUT2D eigenvalue weighted by Gasteiger charge is -2.05. The molecule has 1 aliphatic heterocycles. The predicted octanol–water partition coefficient (Wildman–Crippen LogP) is 0.900. The maximum absolute atomic E-state index is 4.28. The van der Waals surface area contributed by atoms with E-state index in [9.17, 15) is 0 Å². The quantitative estimate of drug-likeness (QED) is 0.714. The van der Waals surface area contributed by atoms with Gasteiger partial charge < -0.3 is 10.6 Å². The van der Waals surface area contributed by atoms with E-state index >= 15 is 0 Å². The first-order valence-corrected chi connectivity index (χ1v) is 4.43. The van der Waals surface area contributed by atoms with Gasteiger partial charge in [0.25, 0.3) is 0 Å². The Morgan fingerprint density at radius 1 is 1.54 bits per heavy atom. The van der Waals surface area contributed by atoms with Gasteiger partial charge in [-0.25, -0.2) is 0 Å². The van der Waals surface area contributed by atoms with E-state index in [0.717, 1.165) is 31.2 Å². The third-order valence-corrected chi connectivity index (χ3v) is 1.90. The molecule has 1 radical (unpaired) electrons. The summed E-state index contributed by atoms with van der Waals surface area (Å²) in [4.78, 5) is 4.28. The van der Waals surface area contributed by atoms with Crippen molar-refractivity contribution in [3.8, 4) is 0 Å². The third-order valence-electron chi connectivity index (χ3n) is 1.90. The molecule has 0 saturated heterocycles. The first-order chi connectivity index (χ1) is 6.45. The lowest BCUT2D eigenvalue weighted by molar-refractivity contribution is 0.956. The molecule has 1 aliphatic rings. The van der Waals surface area contributed by atoms with Gasteiger partial charge in [0.1, 0.15) is 5.84 Å². The lowest BCUT2D eigenvalue weighted by atomic mass is 10.3. The second-order valence-corrected chi connectivity index (χ2v) is 2.88. The molecule has 0 atom stereocenters. The summed E-state index contributed by atoms with van der Waals surface area (Å²) in [6.07, 6.45) is 0. The number of para-hydroxylation sites is 1. The summed E-state index contributed by atoms with van der Waals surface area (Å²) in [5.41, 5.74) is 1.01. The molecular formula is C10H12N3. The van der Waals surface area contributed by atoms with Crippen molar-refractivity contribution >= 4 is 11.5 Å². The lowest BCUT2D eigenvalue weighted by Crippen LogP contribution is -2.26. The van der Waals surface area contributed by atoms with E-state index < -0.39 is 0 Å². The maximum Gasteiger partial charge on any atom is 0.116 e. The van der Waals surface area contributed by atoms with Crippen LogP contribution in [0.3, 0.4) is 0 Å². The molecule has 3 nitrogen and oxygen atoms in total. The Morgan fingerprint density at radius 3 is 3.23 bits per heavy atom. The van der Waals surface area contributed by atoms with E-state index in [4.69, 9.17) is 0 Å². The van der Waals surface area contributed by atoms with Gasteiger partial charge in [-0.2, -0.15) is 0 Å². The summed E-state index contributed by atoms with van der Waals surface area (Å²) in [5.74, 6) is 1.04. The van der Waals surface area contributed by atoms with Crippen LogP contribution in [0.25, 0.3) is 0 Å². The van der Waals surface area contributed by atoms with Crippen molar-refractivity contribution in [3.63, 3.8) is 0 Å². The van der Waals surface area contributed by atoms with Crippen LogP contribution in [-0.4, -0.2) is 25.5 Å². The number of hydrogen-bond donors (Lipinski definition) is 2. The Bertz CT molecular complexity index is 292. The molecule has 0 spiro atoms. The first-order valence-electron chi connectivity index (χ1n) is 4.43.